The van der Waals surface area contributed by atoms with Gasteiger partial charge in [0.1, 0.15) is 5.60 Å². The number of aliphatic hydroxyl groups is 1. The molecule has 1 atom stereocenters. The Morgan fingerprint density at radius 3 is 2.11 bits per heavy atom. The largest absolute Gasteiger partial charge is 0.444 e. The normalized spacial score (nSPS) is 25.3. The SMILES string of the molecule is CC(C)N(CC1(CO)CC1(C)C)C(=O)OC(C)(C)C. The molecular weight excluding hydrogens is 242 g/mol. The molecule has 1 unspecified atom stereocenters. The predicted octanol–water partition coefficient (Wildman–Crippen LogP) is 3.04. The molecule has 0 heterocycles. The van der Waals surface area contributed by atoms with E-state index in [-0.39, 0.29) is 29.6 Å². The molecule has 1 saturated carbocycles. The van der Waals surface area contributed by atoms with Crippen molar-refractivity contribution in [2.75, 3.05) is 13.2 Å². The van der Waals surface area contributed by atoms with Crippen LogP contribution in [0.4, 0.5) is 4.79 Å². The zero-order valence-corrected chi connectivity index (χ0v) is 13.4. The van der Waals surface area contributed by atoms with Crippen molar-refractivity contribution in [3.63, 3.8) is 0 Å². The monoisotopic (exact) mass is 271 g/mol. The molecule has 0 spiro atoms. The Balaban J connectivity index is 2.78. The van der Waals surface area contributed by atoms with E-state index >= 15 is 0 Å². The zero-order chi connectivity index (χ0) is 15.1. The Morgan fingerprint density at radius 1 is 1.37 bits per heavy atom. The highest BCUT2D eigenvalue weighted by Gasteiger charge is 2.61. The van der Waals surface area contributed by atoms with Crippen molar-refractivity contribution in [3.8, 4) is 0 Å². The number of carbonyl (C=O) groups is 1. The first-order valence-corrected chi connectivity index (χ1v) is 7.05. The number of carbonyl (C=O) groups excluding carboxylic acids is 1. The van der Waals surface area contributed by atoms with Crippen molar-refractivity contribution in [1.29, 1.82) is 0 Å². The van der Waals surface area contributed by atoms with Gasteiger partial charge >= 0.3 is 6.09 Å². The first-order chi connectivity index (χ1) is 8.44. The van der Waals surface area contributed by atoms with Gasteiger partial charge in [0.05, 0.1) is 6.61 Å². The van der Waals surface area contributed by atoms with Crippen molar-refractivity contribution >= 4 is 6.09 Å². The van der Waals surface area contributed by atoms with Gasteiger partial charge in [-0.1, -0.05) is 13.8 Å². The van der Waals surface area contributed by atoms with Crippen molar-refractivity contribution in [1.82, 2.24) is 4.90 Å². The fourth-order valence-electron chi connectivity index (χ4n) is 2.50. The van der Waals surface area contributed by atoms with Gasteiger partial charge in [-0.2, -0.15) is 0 Å². The van der Waals surface area contributed by atoms with Crippen LogP contribution < -0.4 is 0 Å². The third-order valence-corrected chi connectivity index (χ3v) is 4.12. The van der Waals surface area contributed by atoms with E-state index < -0.39 is 5.60 Å². The molecule has 1 fully saturated rings. The second kappa shape index (κ2) is 4.97. The summed E-state index contributed by atoms with van der Waals surface area (Å²) in [6, 6.07) is 0.0645. The number of aliphatic hydroxyl groups excluding tert-OH is 1. The molecular formula is C15H29NO3. The lowest BCUT2D eigenvalue weighted by Gasteiger charge is -2.33. The molecule has 1 aliphatic rings. The smallest absolute Gasteiger partial charge is 0.410 e. The average Bonchev–Trinajstić information content (AvgIpc) is 2.74. The van der Waals surface area contributed by atoms with Gasteiger partial charge in [-0.05, 0) is 46.5 Å². The van der Waals surface area contributed by atoms with Gasteiger partial charge < -0.3 is 14.7 Å². The number of rotatable bonds is 4. The van der Waals surface area contributed by atoms with E-state index in [9.17, 15) is 9.90 Å². The fraction of sp³-hybridized carbons (Fsp3) is 0.933. The van der Waals surface area contributed by atoms with Crippen LogP contribution in [0.3, 0.4) is 0 Å². The second-order valence-electron chi connectivity index (χ2n) is 7.70. The van der Waals surface area contributed by atoms with Crippen LogP contribution in [0.5, 0.6) is 0 Å². The third kappa shape index (κ3) is 3.62. The molecule has 4 nitrogen and oxygen atoms in total. The van der Waals surface area contributed by atoms with Crippen molar-refractivity contribution in [3.05, 3.63) is 0 Å². The average molecular weight is 271 g/mol. The first kappa shape index (κ1) is 16.3. The van der Waals surface area contributed by atoms with E-state index in [1.165, 1.54) is 0 Å². The van der Waals surface area contributed by atoms with Gasteiger partial charge in [0.25, 0.3) is 0 Å². The molecule has 1 rings (SSSR count). The summed E-state index contributed by atoms with van der Waals surface area (Å²) in [5.74, 6) is 0. The minimum absolute atomic E-state index is 0.0645. The maximum absolute atomic E-state index is 12.3. The molecule has 1 amide bonds. The molecule has 0 aliphatic heterocycles. The van der Waals surface area contributed by atoms with Crippen LogP contribution >= 0.6 is 0 Å². The molecule has 112 valence electrons. The highest BCUT2D eigenvalue weighted by molar-refractivity contribution is 5.68. The van der Waals surface area contributed by atoms with Gasteiger partial charge in [0.2, 0.25) is 0 Å². The Labute approximate surface area is 117 Å². The van der Waals surface area contributed by atoms with Crippen LogP contribution in [0, 0.1) is 10.8 Å². The Bertz CT molecular complexity index is 344. The summed E-state index contributed by atoms with van der Waals surface area (Å²) in [4.78, 5) is 14.0. The second-order valence-corrected chi connectivity index (χ2v) is 7.70. The maximum atomic E-state index is 12.3. The molecule has 0 aromatic heterocycles. The topological polar surface area (TPSA) is 49.8 Å². The van der Waals surface area contributed by atoms with Crippen LogP contribution in [0.2, 0.25) is 0 Å². The highest BCUT2D eigenvalue weighted by Crippen LogP contribution is 2.63. The molecule has 0 bridgehead atoms. The molecule has 0 radical (unpaired) electrons. The van der Waals surface area contributed by atoms with Crippen LogP contribution in [0.1, 0.15) is 54.9 Å². The van der Waals surface area contributed by atoms with E-state index in [1.807, 2.05) is 34.6 Å². The van der Waals surface area contributed by atoms with Gasteiger partial charge in [-0.15, -0.1) is 0 Å². The van der Waals surface area contributed by atoms with Crippen molar-refractivity contribution in [2.24, 2.45) is 10.8 Å². The fourth-order valence-corrected chi connectivity index (χ4v) is 2.50. The molecule has 1 aliphatic carbocycles. The van der Waals surface area contributed by atoms with Gasteiger partial charge in [0.15, 0.2) is 0 Å². The van der Waals surface area contributed by atoms with E-state index in [1.54, 1.807) is 4.90 Å². The zero-order valence-electron chi connectivity index (χ0n) is 13.4. The summed E-state index contributed by atoms with van der Waals surface area (Å²) in [6.45, 7) is 14.5. The Morgan fingerprint density at radius 2 is 1.84 bits per heavy atom. The Hall–Kier alpha value is -0.770. The van der Waals surface area contributed by atoms with Gasteiger partial charge in [0, 0.05) is 18.0 Å². The Kier molecular flexibility index (Phi) is 4.26. The highest BCUT2D eigenvalue weighted by atomic mass is 16.6. The van der Waals surface area contributed by atoms with Gasteiger partial charge in [-0.3, -0.25) is 0 Å². The summed E-state index contributed by atoms with van der Waals surface area (Å²) >= 11 is 0. The molecule has 4 heteroatoms. The standard InChI is InChI=1S/C15H29NO3/c1-11(2)16(12(18)19-13(3,4)5)9-15(10-17)8-14(15,6)7/h11,17H,8-10H2,1-7H3. The molecule has 0 saturated heterocycles. The van der Waals surface area contributed by atoms with Crippen molar-refractivity contribution in [2.45, 2.75) is 66.5 Å². The summed E-state index contributed by atoms with van der Waals surface area (Å²) in [7, 11) is 0. The lowest BCUT2D eigenvalue weighted by molar-refractivity contribution is 0.00907. The van der Waals surface area contributed by atoms with E-state index in [4.69, 9.17) is 4.74 Å². The quantitative estimate of drug-likeness (QED) is 0.855. The number of ether oxygens (including phenoxy) is 1. The lowest BCUT2D eigenvalue weighted by atomic mass is 9.96. The van der Waals surface area contributed by atoms with E-state index in [0.29, 0.717) is 6.54 Å². The number of amides is 1. The van der Waals surface area contributed by atoms with Gasteiger partial charge in [-0.25, -0.2) is 4.79 Å². The number of nitrogens with zero attached hydrogens (tertiary/aromatic N) is 1. The van der Waals surface area contributed by atoms with E-state index in [0.717, 1.165) is 6.42 Å². The summed E-state index contributed by atoms with van der Waals surface area (Å²) in [5.41, 5.74) is -0.569. The van der Waals surface area contributed by atoms with Crippen LogP contribution in [0.25, 0.3) is 0 Å². The first-order valence-electron chi connectivity index (χ1n) is 7.05. The summed E-state index contributed by atoms with van der Waals surface area (Å²) in [5, 5.41) is 9.66. The minimum atomic E-state index is -0.490. The molecule has 1 N–H and O–H groups in total. The lowest BCUT2D eigenvalue weighted by Crippen LogP contribution is -2.45. The summed E-state index contributed by atoms with van der Waals surface area (Å²) < 4.78 is 5.45. The van der Waals surface area contributed by atoms with Crippen LogP contribution in [0.15, 0.2) is 0 Å². The van der Waals surface area contributed by atoms with Crippen LogP contribution in [-0.4, -0.2) is 40.9 Å². The van der Waals surface area contributed by atoms with E-state index in [2.05, 4.69) is 13.8 Å². The number of hydrogen-bond donors (Lipinski definition) is 1. The minimum Gasteiger partial charge on any atom is -0.444 e. The maximum Gasteiger partial charge on any atom is 0.410 e. The van der Waals surface area contributed by atoms with Crippen LogP contribution in [-0.2, 0) is 4.74 Å². The number of hydrogen-bond acceptors (Lipinski definition) is 3. The predicted molar refractivity (Wildman–Crippen MR) is 76.0 cm³/mol. The molecule has 0 aromatic rings. The third-order valence-electron chi connectivity index (χ3n) is 4.12. The van der Waals surface area contributed by atoms with Crippen molar-refractivity contribution < 1.29 is 14.6 Å². The molecule has 19 heavy (non-hydrogen) atoms. The summed E-state index contributed by atoms with van der Waals surface area (Å²) in [6.07, 6.45) is 0.653. The molecule has 0 aromatic carbocycles.